The molecule has 18 heavy (non-hydrogen) atoms. The molecule has 0 aliphatic carbocycles. The molecule has 0 spiro atoms. The fraction of sp³-hybridized carbons (Fsp3) is 0.571. The first-order chi connectivity index (χ1) is 8.84. The fourth-order valence-corrected chi connectivity index (χ4v) is 2.95. The molecule has 0 bridgehead atoms. The lowest BCUT2D eigenvalue weighted by atomic mass is 10.0. The summed E-state index contributed by atoms with van der Waals surface area (Å²) in [5, 5.41) is 0. The van der Waals surface area contributed by atoms with Gasteiger partial charge in [-0.3, -0.25) is 0 Å². The fourth-order valence-electron chi connectivity index (χ4n) is 2.46. The molecule has 0 N–H and O–H groups in total. The van der Waals surface area contributed by atoms with E-state index in [2.05, 4.69) is 28.1 Å². The topological polar surface area (TPSA) is 27.7 Å². The SMILES string of the molecule is Brc1ccc(COC2CCCCO2)c2c1COC2. The third kappa shape index (κ3) is 2.62. The first-order valence-corrected chi connectivity index (χ1v) is 7.24. The maximum Gasteiger partial charge on any atom is 0.158 e. The van der Waals surface area contributed by atoms with E-state index in [0.717, 1.165) is 23.9 Å². The second-order valence-electron chi connectivity index (χ2n) is 4.76. The molecule has 1 aromatic rings. The lowest BCUT2D eigenvalue weighted by Crippen LogP contribution is -2.22. The van der Waals surface area contributed by atoms with Crippen LogP contribution in [0.4, 0.5) is 0 Å². The minimum absolute atomic E-state index is 0.0274. The van der Waals surface area contributed by atoms with Crippen molar-refractivity contribution in [1.82, 2.24) is 0 Å². The van der Waals surface area contributed by atoms with Gasteiger partial charge in [-0.25, -0.2) is 0 Å². The minimum atomic E-state index is -0.0274. The van der Waals surface area contributed by atoms with E-state index < -0.39 is 0 Å². The maximum absolute atomic E-state index is 5.84. The highest BCUT2D eigenvalue weighted by atomic mass is 79.9. The van der Waals surface area contributed by atoms with E-state index in [1.807, 2.05) is 0 Å². The third-order valence-corrected chi connectivity index (χ3v) is 4.27. The molecule has 2 aliphatic heterocycles. The Labute approximate surface area is 116 Å². The van der Waals surface area contributed by atoms with E-state index in [1.54, 1.807) is 0 Å². The molecule has 2 aliphatic rings. The Morgan fingerprint density at radius 3 is 2.94 bits per heavy atom. The molecule has 1 atom stereocenters. The van der Waals surface area contributed by atoms with E-state index in [9.17, 15) is 0 Å². The van der Waals surface area contributed by atoms with Crippen molar-refractivity contribution >= 4 is 15.9 Å². The van der Waals surface area contributed by atoms with Gasteiger partial charge in [0.25, 0.3) is 0 Å². The van der Waals surface area contributed by atoms with Crippen LogP contribution in [0.3, 0.4) is 0 Å². The molecule has 4 heteroatoms. The normalized spacial score (nSPS) is 23.1. The van der Waals surface area contributed by atoms with Crippen molar-refractivity contribution in [3.63, 3.8) is 0 Å². The number of benzene rings is 1. The highest BCUT2D eigenvalue weighted by molar-refractivity contribution is 9.10. The number of hydrogen-bond acceptors (Lipinski definition) is 3. The molecular weight excluding hydrogens is 296 g/mol. The van der Waals surface area contributed by atoms with Crippen LogP contribution in [0.15, 0.2) is 16.6 Å². The van der Waals surface area contributed by atoms with Crippen molar-refractivity contribution < 1.29 is 14.2 Å². The van der Waals surface area contributed by atoms with Gasteiger partial charge in [0.15, 0.2) is 6.29 Å². The number of halogens is 1. The third-order valence-electron chi connectivity index (χ3n) is 3.53. The summed E-state index contributed by atoms with van der Waals surface area (Å²) in [6.45, 7) is 2.83. The van der Waals surface area contributed by atoms with E-state index in [-0.39, 0.29) is 6.29 Å². The van der Waals surface area contributed by atoms with Gasteiger partial charge in [0.2, 0.25) is 0 Å². The Balaban J connectivity index is 1.67. The molecule has 0 saturated carbocycles. The first kappa shape index (κ1) is 12.6. The van der Waals surface area contributed by atoms with Gasteiger partial charge in [0.05, 0.1) is 19.8 Å². The Morgan fingerprint density at radius 2 is 2.11 bits per heavy atom. The Morgan fingerprint density at radius 1 is 1.22 bits per heavy atom. The van der Waals surface area contributed by atoms with E-state index in [4.69, 9.17) is 14.2 Å². The van der Waals surface area contributed by atoms with Crippen LogP contribution in [0.2, 0.25) is 0 Å². The smallest absolute Gasteiger partial charge is 0.158 e. The van der Waals surface area contributed by atoms with Crippen molar-refractivity contribution in [2.24, 2.45) is 0 Å². The molecule has 1 unspecified atom stereocenters. The van der Waals surface area contributed by atoms with E-state index in [1.165, 1.54) is 23.1 Å². The summed E-state index contributed by atoms with van der Waals surface area (Å²) in [6.07, 6.45) is 3.34. The predicted octanol–water partition coefficient (Wildman–Crippen LogP) is 3.52. The molecule has 2 heterocycles. The van der Waals surface area contributed by atoms with Crippen molar-refractivity contribution in [2.45, 2.75) is 45.4 Å². The highest BCUT2D eigenvalue weighted by Crippen LogP contribution is 2.31. The summed E-state index contributed by atoms with van der Waals surface area (Å²) in [6, 6.07) is 4.19. The average Bonchev–Trinajstić information content (AvgIpc) is 2.90. The van der Waals surface area contributed by atoms with Crippen molar-refractivity contribution in [1.29, 1.82) is 0 Å². The second kappa shape index (κ2) is 5.70. The molecule has 0 radical (unpaired) electrons. The molecular formula is C14H17BrO3. The predicted molar refractivity (Wildman–Crippen MR) is 71.0 cm³/mol. The van der Waals surface area contributed by atoms with Gasteiger partial charge in [-0.2, -0.15) is 0 Å². The number of rotatable bonds is 3. The summed E-state index contributed by atoms with van der Waals surface area (Å²) in [5.41, 5.74) is 3.76. The summed E-state index contributed by atoms with van der Waals surface area (Å²) in [5.74, 6) is 0. The van der Waals surface area contributed by atoms with Gasteiger partial charge in [-0.05, 0) is 42.0 Å². The molecule has 1 aromatic carbocycles. The zero-order valence-electron chi connectivity index (χ0n) is 10.3. The molecule has 3 rings (SSSR count). The number of hydrogen-bond donors (Lipinski definition) is 0. The number of ether oxygens (including phenoxy) is 3. The molecule has 3 nitrogen and oxygen atoms in total. The molecule has 1 saturated heterocycles. The summed E-state index contributed by atoms with van der Waals surface area (Å²) < 4.78 is 18.1. The van der Waals surface area contributed by atoms with Crippen LogP contribution in [0, 0.1) is 0 Å². The first-order valence-electron chi connectivity index (χ1n) is 6.44. The van der Waals surface area contributed by atoms with Gasteiger partial charge in [-0.15, -0.1) is 0 Å². The molecule has 98 valence electrons. The zero-order valence-corrected chi connectivity index (χ0v) is 11.9. The van der Waals surface area contributed by atoms with Crippen LogP contribution in [-0.4, -0.2) is 12.9 Å². The Kier molecular flexibility index (Phi) is 3.99. The van der Waals surface area contributed by atoms with E-state index in [0.29, 0.717) is 19.8 Å². The summed E-state index contributed by atoms with van der Waals surface area (Å²) >= 11 is 3.56. The van der Waals surface area contributed by atoms with Gasteiger partial charge in [0, 0.05) is 11.1 Å². The van der Waals surface area contributed by atoms with Crippen LogP contribution >= 0.6 is 15.9 Å². The molecule has 0 amide bonds. The van der Waals surface area contributed by atoms with Crippen LogP contribution < -0.4 is 0 Å². The summed E-state index contributed by atoms with van der Waals surface area (Å²) in [7, 11) is 0. The highest BCUT2D eigenvalue weighted by Gasteiger charge is 2.20. The van der Waals surface area contributed by atoms with Crippen LogP contribution in [0.25, 0.3) is 0 Å². The number of fused-ring (bicyclic) bond motifs is 1. The van der Waals surface area contributed by atoms with Gasteiger partial charge in [-0.1, -0.05) is 22.0 Å². The Bertz CT molecular complexity index is 427. The van der Waals surface area contributed by atoms with Crippen molar-refractivity contribution in [3.05, 3.63) is 33.3 Å². The molecule has 0 aromatic heterocycles. The molecule has 1 fully saturated rings. The van der Waals surface area contributed by atoms with Crippen molar-refractivity contribution in [3.8, 4) is 0 Å². The summed E-state index contributed by atoms with van der Waals surface area (Å²) in [4.78, 5) is 0. The largest absolute Gasteiger partial charge is 0.372 e. The zero-order chi connectivity index (χ0) is 12.4. The van der Waals surface area contributed by atoms with Crippen molar-refractivity contribution in [2.75, 3.05) is 6.61 Å². The van der Waals surface area contributed by atoms with Gasteiger partial charge >= 0.3 is 0 Å². The lowest BCUT2D eigenvalue weighted by molar-refractivity contribution is -0.169. The monoisotopic (exact) mass is 312 g/mol. The van der Waals surface area contributed by atoms with Gasteiger partial charge in [0.1, 0.15) is 0 Å². The van der Waals surface area contributed by atoms with Crippen LogP contribution in [-0.2, 0) is 34.0 Å². The quantitative estimate of drug-likeness (QED) is 0.854. The van der Waals surface area contributed by atoms with E-state index >= 15 is 0 Å². The minimum Gasteiger partial charge on any atom is -0.372 e. The second-order valence-corrected chi connectivity index (χ2v) is 5.62. The van der Waals surface area contributed by atoms with Crippen LogP contribution in [0.1, 0.15) is 36.0 Å². The standard InChI is InChI=1S/C14H17BrO3/c15-13-5-4-10(11-8-16-9-12(11)13)7-18-14-3-1-2-6-17-14/h4-5,14H,1-3,6-9H2. The Hall–Kier alpha value is -0.420. The lowest BCUT2D eigenvalue weighted by Gasteiger charge is -2.23. The average molecular weight is 313 g/mol. The maximum atomic E-state index is 5.84. The van der Waals surface area contributed by atoms with Crippen LogP contribution in [0.5, 0.6) is 0 Å². The van der Waals surface area contributed by atoms with Gasteiger partial charge < -0.3 is 14.2 Å².